The van der Waals surface area contributed by atoms with Crippen LogP contribution in [0.1, 0.15) is 50.5 Å². The molecule has 0 aromatic heterocycles. The van der Waals surface area contributed by atoms with Gasteiger partial charge in [0.1, 0.15) is 11.9 Å². The number of benzene rings is 2. The van der Waals surface area contributed by atoms with E-state index in [0.717, 1.165) is 11.1 Å². The van der Waals surface area contributed by atoms with E-state index in [9.17, 15) is 4.79 Å². The highest BCUT2D eigenvalue weighted by molar-refractivity contribution is 5.77. The first-order valence-corrected chi connectivity index (χ1v) is 10.1. The third kappa shape index (κ3) is 5.19. The summed E-state index contributed by atoms with van der Waals surface area (Å²) >= 11 is 0. The molecule has 0 aliphatic carbocycles. The van der Waals surface area contributed by atoms with Crippen LogP contribution in [-0.4, -0.2) is 39.2 Å². The molecule has 2 aromatic carbocycles. The van der Waals surface area contributed by atoms with E-state index < -0.39 is 30.1 Å². The molecule has 0 N–H and O–H groups in total. The van der Waals surface area contributed by atoms with E-state index in [2.05, 4.69) is 0 Å². The lowest BCUT2D eigenvalue weighted by molar-refractivity contribution is -0.216. The van der Waals surface area contributed by atoms with E-state index in [1.54, 1.807) is 14.2 Å². The number of rotatable bonds is 7. The van der Waals surface area contributed by atoms with Gasteiger partial charge in [0.25, 0.3) is 0 Å². The second-order valence-electron chi connectivity index (χ2n) is 6.91. The Bertz CT molecular complexity index is 789. The van der Waals surface area contributed by atoms with E-state index in [-0.39, 0.29) is 0 Å². The summed E-state index contributed by atoms with van der Waals surface area (Å²) in [5.74, 6) is 0.186. The smallest absolute Gasteiger partial charge is 0.340 e. The Hall–Kier alpha value is -2.41. The van der Waals surface area contributed by atoms with E-state index in [0.29, 0.717) is 12.2 Å². The van der Waals surface area contributed by atoms with Crippen LogP contribution in [0.5, 0.6) is 5.75 Å². The Morgan fingerprint density at radius 1 is 0.967 bits per heavy atom. The van der Waals surface area contributed by atoms with Gasteiger partial charge in [0.2, 0.25) is 0 Å². The van der Waals surface area contributed by atoms with Gasteiger partial charge in [0.15, 0.2) is 18.0 Å². The highest BCUT2D eigenvalue weighted by Gasteiger charge is 2.46. The van der Waals surface area contributed by atoms with Crippen LogP contribution in [0.3, 0.4) is 0 Å². The molecule has 1 aliphatic rings. The molecule has 3 rings (SSSR count). The van der Waals surface area contributed by atoms with E-state index in [4.69, 9.17) is 23.7 Å². The first-order chi connectivity index (χ1) is 14.5. The molecule has 30 heavy (non-hydrogen) atoms. The number of carbonyl (C=O) groups is 1. The molecule has 2 aromatic rings. The molecule has 0 radical (unpaired) electrons. The van der Waals surface area contributed by atoms with Gasteiger partial charge in [0, 0.05) is 33.3 Å². The highest BCUT2D eigenvalue weighted by atomic mass is 16.7. The summed E-state index contributed by atoms with van der Waals surface area (Å²) in [6, 6.07) is 16.8. The van der Waals surface area contributed by atoms with Gasteiger partial charge in [-0.3, -0.25) is 0 Å². The van der Waals surface area contributed by atoms with Crippen LogP contribution < -0.4 is 4.74 Å². The highest BCUT2D eigenvalue weighted by Crippen LogP contribution is 2.44. The van der Waals surface area contributed by atoms with Crippen LogP contribution in [0.15, 0.2) is 54.6 Å². The van der Waals surface area contributed by atoms with Crippen molar-refractivity contribution >= 4 is 5.97 Å². The van der Waals surface area contributed by atoms with Crippen molar-refractivity contribution in [3.05, 3.63) is 65.7 Å². The zero-order valence-corrected chi connectivity index (χ0v) is 18.6. The largest absolute Gasteiger partial charge is 0.482 e. The van der Waals surface area contributed by atoms with Crippen LogP contribution in [0.4, 0.5) is 0 Å². The lowest BCUT2D eigenvalue weighted by atomic mass is 9.89. The van der Waals surface area contributed by atoms with Crippen LogP contribution in [0.25, 0.3) is 0 Å². The maximum atomic E-state index is 12.9. The summed E-state index contributed by atoms with van der Waals surface area (Å²) in [6.07, 6.45) is -1.55. The van der Waals surface area contributed by atoms with E-state index in [1.807, 2.05) is 75.4 Å². The molecular weight excluding hydrogens is 384 g/mol. The molecule has 0 amide bonds. The van der Waals surface area contributed by atoms with Gasteiger partial charge in [-0.05, 0) is 18.6 Å². The van der Waals surface area contributed by atoms with Crippen LogP contribution in [0, 0.1) is 0 Å². The fourth-order valence-electron chi connectivity index (χ4n) is 3.65. The summed E-state index contributed by atoms with van der Waals surface area (Å²) in [4.78, 5) is 12.9. The van der Waals surface area contributed by atoms with Gasteiger partial charge in [-0.1, -0.05) is 62.4 Å². The van der Waals surface area contributed by atoms with Gasteiger partial charge >= 0.3 is 5.97 Å². The second kappa shape index (κ2) is 11.1. The molecule has 1 heterocycles. The van der Waals surface area contributed by atoms with Crippen LogP contribution >= 0.6 is 0 Å². The molecular formula is C24H32O6. The Balaban J connectivity index is 0.00000155. The molecule has 3 unspecified atom stereocenters. The summed E-state index contributed by atoms with van der Waals surface area (Å²) in [6.45, 7) is 5.88. The number of esters is 1. The van der Waals surface area contributed by atoms with Crippen molar-refractivity contribution < 1.29 is 28.5 Å². The minimum atomic E-state index is -0.821. The average molecular weight is 417 g/mol. The molecule has 1 aliphatic heterocycles. The van der Waals surface area contributed by atoms with Crippen molar-refractivity contribution in [3.8, 4) is 5.75 Å². The summed E-state index contributed by atoms with van der Waals surface area (Å²) < 4.78 is 28.4. The lowest BCUT2D eigenvalue weighted by Crippen LogP contribution is -2.50. The van der Waals surface area contributed by atoms with Crippen molar-refractivity contribution in [1.82, 2.24) is 0 Å². The zero-order valence-electron chi connectivity index (χ0n) is 18.6. The Morgan fingerprint density at radius 2 is 1.57 bits per heavy atom. The van der Waals surface area contributed by atoms with Crippen molar-refractivity contribution in [1.29, 1.82) is 0 Å². The summed E-state index contributed by atoms with van der Waals surface area (Å²) in [7, 11) is 4.61. The summed E-state index contributed by atoms with van der Waals surface area (Å²) in [5.41, 5.74) is 0.727. The van der Waals surface area contributed by atoms with Crippen molar-refractivity contribution in [2.24, 2.45) is 0 Å². The van der Waals surface area contributed by atoms with Gasteiger partial charge in [0.05, 0.1) is 0 Å². The molecule has 0 spiro atoms. The van der Waals surface area contributed by atoms with Gasteiger partial charge in [-0.25, -0.2) is 4.79 Å². The standard InChI is InChI=1S/C22H26O6.C2H6/c1-22(21(25-3)26-4)14-18(16-12-8-9-13-17(16)28-22)27-20(23)19(24-2)15-10-6-5-7-11-15;1-2/h5-13,18-19,21H,14H2,1-4H3;1-2H3. The first kappa shape index (κ1) is 23.9. The van der Waals surface area contributed by atoms with E-state index >= 15 is 0 Å². The average Bonchev–Trinajstić information content (AvgIpc) is 2.77. The second-order valence-corrected chi connectivity index (χ2v) is 6.91. The molecule has 0 fully saturated rings. The lowest BCUT2D eigenvalue weighted by Gasteiger charge is -2.42. The van der Waals surface area contributed by atoms with Crippen molar-refractivity contribution in [2.45, 2.75) is 51.3 Å². The van der Waals surface area contributed by atoms with Crippen LogP contribution in [-0.2, 0) is 23.7 Å². The number of hydrogen-bond donors (Lipinski definition) is 0. The first-order valence-electron chi connectivity index (χ1n) is 10.1. The molecule has 6 heteroatoms. The number of hydrogen-bond acceptors (Lipinski definition) is 6. The number of para-hydroxylation sites is 1. The molecule has 164 valence electrons. The number of ether oxygens (including phenoxy) is 5. The number of carbonyl (C=O) groups excluding carboxylic acids is 1. The minimum Gasteiger partial charge on any atom is -0.482 e. The molecule has 3 atom stereocenters. The van der Waals surface area contributed by atoms with Crippen LogP contribution in [0.2, 0.25) is 0 Å². The monoisotopic (exact) mass is 416 g/mol. The Morgan fingerprint density at radius 3 is 2.17 bits per heavy atom. The normalized spacial score (nSPS) is 21.0. The third-order valence-electron chi connectivity index (χ3n) is 4.94. The molecule has 6 nitrogen and oxygen atoms in total. The predicted molar refractivity (Wildman–Crippen MR) is 114 cm³/mol. The Labute approximate surface area is 179 Å². The van der Waals surface area contributed by atoms with Gasteiger partial charge < -0.3 is 23.7 Å². The number of methoxy groups -OCH3 is 3. The van der Waals surface area contributed by atoms with E-state index in [1.165, 1.54) is 7.11 Å². The molecule has 0 bridgehead atoms. The maximum Gasteiger partial charge on any atom is 0.340 e. The molecule has 0 saturated heterocycles. The van der Waals surface area contributed by atoms with Crippen molar-refractivity contribution in [3.63, 3.8) is 0 Å². The zero-order chi connectivity index (χ0) is 22.1. The maximum absolute atomic E-state index is 12.9. The minimum absolute atomic E-state index is 0.382. The third-order valence-corrected chi connectivity index (χ3v) is 4.94. The quantitative estimate of drug-likeness (QED) is 0.475. The SMILES string of the molecule is CC.COC(C(=O)OC1CC(C)(C(OC)OC)Oc2ccccc21)c1ccccc1. The molecule has 0 saturated carbocycles. The van der Waals surface area contributed by atoms with Gasteiger partial charge in [-0.15, -0.1) is 0 Å². The number of fused-ring (bicyclic) bond motifs is 1. The Kier molecular flexibility index (Phi) is 8.84. The van der Waals surface area contributed by atoms with Crippen molar-refractivity contribution in [2.75, 3.05) is 21.3 Å². The fourth-order valence-corrected chi connectivity index (χ4v) is 3.65. The van der Waals surface area contributed by atoms with Gasteiger partial charge in [-0.2, -0.15) is 0 Å². The summed E-state index contributed by atoms with van der Waals surface area (Å²) in [5, 5.41) is 0. The topological polar surface area (TPSA) is 63.2 Å². The predicted octanol–water partition coefficient (Wildman–Crippen LogP) is 4.84. The fraction of sp³-hybridized carbons (Fsp3) is 0.458.